The smallest absolute Gasteiger partial charge is 0.123 e. The van der Waals surface area contributed by atoms with Gasteiger partial charge in [0, 0.05) is 11.1 Å². The number of nitrogens with one attached hydrogen (secondary N) is 1. The molecule has 0 spiro atoms. The summed E-state index contributed by atoms with van der Waals surface area (Å²) in [4.78, 5) is 5.36. The van der Waals surface area contributed by atoms with Crippen LogP contribution in [0.5, 0.6) is 0 Å². The van der Waals surface area contributed by atoms with Gasteiger partial charge in [-0.15, -0.1) is 11.3 Å². The van der Waals surface area contributed by atoms with Gasteiger partial charge in [0.2, 0.25) is 0 Å². The Bertz CT molecular complexity index is 522. The third kappa shape index (κ3) is 2.53. The average molecular weight is 250 g/mol. The van der Waals surface area contributed by atoms with E-state index in [1.165, 1.54) is 6.07 Å². The Kier molecular flexibility index (Phi) is 3.54. The van der Waals surface area contributed by atoms with E-state index in [0.717, 1.165) is 21.0 Å². The molecular formula is C13H15FN2S. The largest absolute Gasteiger partial charge is 0.309 e. The first-order valence-corrected chi connectivity index (χ1v) is 6.29. The molecule has 17 heavy (non-hydrogen) atoms. The number of hydrogen-bond donors (Lipinski definition) is 1. The quantitative estimate of drug-likeness (QED) is 0.904. The number of nitrogens with zero attached hydrogens (tertiary/aromatic N) is 1. The van der Waals surface area contributed by atoms with Crippen LogP contribution >= 0.6 is 11.3 Å². The van der Waals surface area contributed by atoms with Gasteiger partial charge in [-0.3, -0.25) is 0 Å². The summed E-state index contributed by atoms with van der Waals surface area (Å²) in [6.07, 6.45) is 1.85. The fraction of sp³-hybridized carbons (Fsp3) is 0.308. The molecule has 1 heterocycles. The Labute approximate surface area is 105 Å². The zero-order valence-corrected chi connectivity index (χ0v) is 10.9. The van der Waals surface area contributed by atoms with E-state index in [9.17, 15) is 4.39 Å². The first kappa shape index (κ1) is 12.2. The molecule has 4 heteroatoms. The Morgan fingerprint density at radius 3 is 2.71 bits per heavy atom. The fourth-order valence-electron chi connectivity index (χ4n) is 1.88. The second kappa shape index (κ2) is 4.94. The summed E-state index contributed by atoms with van der Waals surface area (Å²) in [5.41, 5.74) is 2.05. The van der Waals surface area contributed by atoms with Crippen LogP contribution in [0.25, 0.3) is 0 Å². The van der Waals surface area contributed by atoms with Gasteiger partial charge in [-0.05, 0) is 44.2 Å². The van der Waals surface area contributed by atoms with Gasteiger partial charge in [-0.2, -0.15) is 0 Å². The lowest BCUT2D eigenvalue weighted by atomic mass is 10.0. The van der Waals surface area contributed by atoms with Crippen LogP contribution in [0.2, 0.25) is 0 Å². The van der Waals surface area contributed by atoms with Crippen molar-refractivity contribution < 1.29 is 4.39 Å². The van der Waals surface area contributed by atoms with Crippen LogP contribution in [-0.4, -0.2) is 12.0 Å². The molecule has 0 amide bonds. The average Bonchev–Trinajstić information content (AvgIpc) is 2.71. The molecule has 1 unspecified atom stereocenters. The molecular weight excluding hydrogens is 235 g/mol. The number of halogens is 1. The van der Waals surface area contributed by atoms with Crippen molar-refractivity contribution in [1.29, 1.82) is 0 Å². The molecule has 0 saturated carbocycles. The lowest BCUT2D eigenvalue weighted by Gasteiger charge is -2.17. The molecule has 2 aromatic rings. The Hall–Kier alpha value is -1.26. The van der Waals surface area contributed by atoms with Crippen molar-refractivity contribution in [2.45, 2.75) is 19.9 Å². The molecule has 90 valence electrons. The van der Waals surface area contributed by atoms with E-state index in [4.69, 9.17) is 0 Å². The van der Waals surface area contributed by atoms with Gasteiger partial charge in [-0.25, -0.2) is 9.37 Å². The molecule has 1 atom stereocenters. The van der Waals surface area contributed by atoms with Gasteiger partial charge in [0.1, 0.15) is 5.82 Å². The zero-order valence-electron chi connectivity index (χ0n) is 10.1. The zero-order chi connectivity index (χ0) is 12.4. The molecule has 1 aromatic heterocycles. The summed E-state index contributed by atoms with van der Waals surface area (Å²) in [5.74, 6) is -0.202. The minimum absolute atomic E-state index is 0.0110. The van der Waals surface area contributed by atoms with Crippen molar-refractivity contribution in [1.82, 2.24) is 10.3 Å². The van der Waals surface area contributed by atoms with E-state index in [1.807, 2.05) is 33.2 Å². The maximum atomic E-state index is 13.3. The third-order valence-corrected chi connectivity index (χ3v) is 3.74. The lowest BCUT2D eigenvalue weighted by molar-refractivity contribution is 0.616. The molecule has 2 nitrogen and oxygen atoms in total. The molecule has 0 aliphatic heterocycles. The molecule has 0 radical (unpaired) electrons. The molecule has 0 fully saturated rings. The molecule has 0 aliphatic carbocycles. The normalized spacial score (nSPS) is 12.7. The molecule has 2 rings (SSSR count). The first-order valence-electron chi connectivity index (χ1n) is 5.47. The second-order valence-electron chi connectivity index (χ2n) is 4.00. The van der Waals surface area contributed by atoms with E-state index in [2.05, 4.69) is 10.3 Å². The summed E-state index contributed by atoms with van der Waals surface area (Å²) >= 11 is 1.63. The standard InChI is InChI=1S/C13H15FN2S/c1-8-4-5-10(14)6-11(8)13(15-3)12-7-16-9(2)17-12/h4-7,13,15H,1-3H3. The highest BCUT2D eigenvalue weighted by Crippen LogP contribution is 2.28. The van der Waals surface area contributed by atoms with E-state index < -0.39 is 0 Å². The van der Waals surface area contributed by atoms with Gasteiger partial charge in [0.05, 0.1) is 11.0 Å². The van der Waals surface area contributed by atoms with Gasteiger partial charge >= 0.3 is 0 Å². The molecule has 1 N–H and O–H groups in total. The maximum absolute atomic E-state index is 13.3. The fourth-order valence-corrected chi connectivity index (χ4v) is 2.80. The van der Waals surface area contributed by atoms with Gasteiger partial charge < -0.3 is 5.32 Å². The first-order chi connectivity index (χ1) is 8.11. The highest BCUT2D eigenvalue weighted by molar-refractivity contribution is 7.11. The summed E-state index contributed by atoms with van der Waals surface area (Å²) in [7, 11) is 1.88. The van der Waals surface area contributed by atoms with Crippen molar-refractivity contribution >= 4 is 11.3 Å². The predicted molar refractivity (Wildman–Crippen MR) is 68.9 cm³/mol. The highest BCUT2D eigenvalue weighted by Gasteiger charge is 2.17. The minimum atomic E-state index is -0.202. The summed E-state index contributed by atoms with van der Waals surface area (Å²) < 4.78 is 13.3. The number of aromatic nitrogens is 1. The summed E-state index contributed by atoms with van der Waals surface area (Å²) in [6.45, 7) is 3.96. The lowest BCUT2D eigenvalue weighted by Crippen LogP contribution is -2.17. The van der Waals surface area contributed by atoms with Crippen molar-refractivity contribution in [3.63, 3.8) is 0 Å². The molecule has 1 aromatic carbocycles. The van der Waals surface area contributed by atoms with Crippen molar-refractivity contribution in [2.75, 3.05) is 7.05 Å². The van der Waals surface area contributed by atoms with Gasteiger partial charge in [-0.1, -0.05) is 6.07 Å². The van der Waals surface area contributed by atoms with Crippen molar-refractivity contribution in [3.8, 4) is 0 Å². The SMILES string of the molecule is CNC(c1cnc(C)s1)c1cc(F)ccc1C. The Balaban J connectivity index is 2.45. The number of rotatable bonds is 3. The summed E-state index contributed by atoms with van der Waals surface area (Å²) in [5, 5.41) is 4.24. The molecule has 0 aliphatic rings. The second-order valence-corrected chi connectivity index (χ2v) is 5.27. The number of hydrogen-bond acceptors (Lipinski definition) is 3. The number of aryl methyl sites for hydroxylation is 2. The van der Waals surface area contributed by atoms with Gasteiger partial charge in [0.25, 0.3) is 0 Å². The van der Waals surface area contributed by atoms with Crippen LogP contribution in [0.1, 0.15) is 27.1 Å². The van der Waals surface area contributed by atoms with Crippen molar-refractivity contribution in [3.05, 3.63) is 51.2 Å². The maximum Gasteiger partial charge on any atom is 0.123 e. The van der Waals surface area contributed by atoms with E-state index in [-0.39, 0.29) is 11.9 Å². The van der Waals surface area contributed by atoms with Crippen LogP contribution in [0.3, 0.4) is 0 Å². The molecule has 0 saturated heterocycles. The van der Waals surface area contributed by atoms with Crippen LogP contribution in [-0.2, 0) is 0 Å². The predicted octanol–water partition coefficient (Wildman–Crippen LogP) is 3.21. The third-order valence-electron chi connectivity index (χ3n) is 2.76. The minimum Gasteiger partial charge on any atom is -0.309 e. The van der Waals surface area contributed by atoms with Gasteiger partial charge in [0.15, 0.2) is 0 Å². The van der Waals surface area contributed by atoms with Crippen LogP contribution < -0.4 is 5.32 Å². The van der Waals surface area contributed by atoms with E-state index in [0.29, 0.717) is 0 Å². The monoisotopic (exact) mass is 250 g/mol. The topological polar surface area (TPSA) is 24.9 Å². The Morgan fingerprint density at radius 2 is 2.12 bits per heavy atom. The molecule has 0 bridgehead atoms. The number of benzene rings is 1. The van der Waals surface area contributed by atoms with Crippen LogP contribution in [0.4, 0.5) is 4.39 Å². The van der Waals surface area contributed by atoms with E-state index in [1.54, 1.807) is 17.4 Å². The Morgan fingerprint density at radius 1 is 1.35 bits per heavy atom. The van der Waals surface area contributed by atoms with Crippen LogP contribution in [0, 0.1) is 19.7 Å². The number of thiazole rings is 1. The highest BCUT2D eigenvalue weighted by atomic mass is 32.1. The summed E-state index contributed by atoms with van der Waals surface area (Å²) in [6, 6.07) is 4.90. The van der Waals surface area contributed by atoms with Crippen molar-refractivity contribution in [2.24, 2.45) is 0 Å². The van der Waals surface area contributed by atoms with Crippen LogP contribution in [0.15, 0.2) is 24.4 Å². The van der Waals surface area contributed by atoms with E-state index >= 15 is 0 Å².